The summed E-state index contributed by atoms with van der Waals surface area (Å²) in [6.45, 7) is 3.37. The monoisotopic (exact) mass is 263 g/mol. The number of aryl methyl sites for hydroxylation is 1. The van der Waals surface area contributed by atoms with E-state index in [1.807, 2.05) is 20.0 Å². The Balaban J connectivity index is 2.07. The van der Waals surface area contributed by atoms with Gasteiger partial charge in [0.2, 0.25) is 0 Å². The standard InChI is InChI=1S/C14H25N5/c1-11-16-13(18-12-6-4-3-5-7-12)10-14(17-11)19(2)9-8-15/h10,12H,3-9,15H2,1-2H3,(H,16,17,18). The van der Waals surface area contributed by atoms with Crippen LogP contribution in [-0.4, -0.2) is 36.1 Å². The first-order valence-electron chi connectivity index (χ1n) is 7.22. The zero-order chi connectivity index (χ0) is 13.7. The average molecular weight is 263 g/mol. The molecule has 3 N–H and O–H groups in total. The number of hydrogen-bond acceptors (Lipinski definition) is 5. The Hall–Kier alpha value is -1.36. The summed E-state index contributed by atoms with van der Waals surface area (Å²) in [7, 11) is 2.01. The van der Waals surface area contributed by atoms with E-state index in [2.05, 4.69) is 20.2 Å². The van der Waals surface area contributed by atoms with Gasteiger partial charge in [-0.1, -0.05) is 19.3 Å². The van der Waals surface area contributed by atoms with Crippen molar-refractivity contribution in [1.29, 1.82) is 0 Å². The molecule has 0 unspecified atom stereocenters. The molecule has 1 aromatic rings. The van der Waals surface area contributed by atoms with Gasteiger partial charge >= 0.3 is 0 Å². The van der Waals surface area contributed by atoms with Crippen LogP contribution >= 0.6 is 0 Å². The molecule has 5 heteroatoms. The molecule has 1 fully saturated rings. The second-order valence-corrected chi connectivity index (χ2v) is 5.35. The van der Waals surface area contributed by atoms with Crippen LogP contribution < -0.4 is 16.0 Å². The largest absolute Gasteiger partial charge is 0.367 e. The summed E-state index contributed by atoms with van der Waals surface area (Å²) < 4.78 is 0. The van der Waals surface area contributed by atoms with E-state index in [1.165, 1.54) is 32.1 Å². The Bertz CT molecular complexity index is 401. The number of anilines is 2. The Labute approximate surface area is 115 Å². The van der Waals surface area contributed by atoms with Gasteiger partial charge in [0, 0.05) is 32.2 Å². The number of aromatic nitrogens is 2. The number of nitrogens with two attached hydrogens (primary N) is 1. The summed E-state index contributed by atoms with van der Waals surface area (Å²) in [5.41, 5.74) is 5.59. The van der Waals surface area contributed by atoms with Gasteiger partial charge in [0.15, 0.2) is 0 Å². The van der Waals surface area contributed by atoms with E-state index < -0.39 is 0 Å². The van der Waals surface area contributed by atoms with Gasteiger partial charge in [-0.3, -0.25) is 0 Å². The lowest BCUT2D eigenvalue weighted by molar-refractivity contribution is 0.461. The van der Waals surface area contributed by atoms with Crippen molar-refractivity contribution in [3.63, 3.8) is 0 Å². The van der Waals surface area contributed by atoms with Crippen molar-refractivity contribution in [1.82, 2.24) is 9.97 Å². The normalized spacial score (nSPS) is 16.4. The highest BCUT2D eigenvalue weighted by Crippen LogP contribution is 2.22. The van der Waals surface area contributed by atoms with Crippen molar-refractivity contribution in [2.45, 2.75) is 45.1 Å². The van der Waals surface area contributed by atoms with E-state index in [1.54, 1.807) is 0 Å². The molecule has 2 rings (SSSR count). The minimum Gasteiger partial charge on any atom is -0.367 e. The van der Waals surface area contributed by atoms with Crippen molar-refractivity contribution < 1.29 is 0 Å². The summed E-state index contributed by atoms with van der Waals surface area (Å²) in [6.07, 6.45) is 6.50. The van der Waals surface area contributed by atoms with Gasteiger partial charge in [-0.2, -0.15) is 0 Å². The minimum atomic E-state index is 0.565. The van der Waals surface area contributed by atoms with E-state index in [9.17, 15) is 0 Å². The molecule has 19 heavy (non-hydrogen) atoms. The molecule has 1 aliphatic rings. The molecule has 0 aromatic carbocycles. The molecule has 1 saturated carbocycles. The Morgan fingerprint density at radius 2 is 2.05 bits per heavy atom. The van der Waals surface area contributed by atoms with Crippen molar-refractivity contribution in [3.8, 4) is 0 Å². The van der Waals surface area contributed by atoms with Crippen LogP contribution in [-0.2, 0) is 0 Å². The highest BCUT2D eigenvalue weighted by atomic mass is 15.2. The molecule has 1 aliphatic carbocycles. The predicted molar refractivity (Wildman–Crippen MR) is 79.6 cm³/mol. The molecule has 0 radical (unpaired) electrons. The molecule has 0 spiro atoms. The fourth-order valence-electron chi connectivity index (χ4n) is 2.59. The zero-order valence-corrected chi connectivity index (χ0v) is 12.0. The van der Waals surface area contributed by atoms with Crippen LogP contribution in [0.15, 0.2) is 6.07 Å². The molecular formula is C14H25N5. The number of nitrogens with one attached hydrogen (secondary N) is 1. The molecule has 1 aromatic heterocycles. The highest BCUT2D eigenvalue weighted by molar-refractivity contribution is 5.49. The van der Waals surface area contributed by atoms with Gasteiger partial charge in [0.05, 0.1) is 0 Å². The topological polar surface area (TPSA) is 67.1 Å². The lowest BCUT2D eigenvalue weighted by atomic mass is 9.95. The van der Waals surface area contributed by atoms with Gasteiger partial charge in [0.25, 0.3) is 0 Å². The van der Waals surface area contributed by atoms with E-state index in [0.717, 1.165) is 24.0 Å². The minimum absolute atomic E-state index is 0.565. The lowest BCUT2D eigenvalue weighted by Gasteiger charge is -2.24. The van der Waals surface area contributed by atoms with Crippen LogP contribution in [0.25, 0.3) is 0 Å². The second kappa shape index (κ2) is 6.70. The molecule has 0 saturated heterocycles. The first-order valence-corrected chi connectivity index (χ1v) is 7.22. The Morgan fingerprint density at radius 1 is 1.32 bits per heavy atom. The summed E-state index contributed by atoms with van der Waals surface area (Å²) in [4.78, 5) is 11.0. The van der Waals surface area contributed by atoms with Crippen LogP contribution in [0.2, 0.25) is 0 Å². The van der Waals surface area contributed by atoms with Gasteiger partial charge in [-0.25, -0.2) is 9.97 Å². The van der Waals surface area contributed by atoms with Gasteiger partial charge in [0.1, 0.15) is 17.5 Å². The van der Waals surface area contributed by atoms with E-state index in [0.29, 0.717) is 12.6 Å². The average Bonchev–Trinajstić information content (AvgIpc) is 2.39. The van der Waals surface area contributed by atoms with Crippen LogP contribution in [0.5, 0.6) is 0 Å². The summed E-state index contributed by atoms with van der Waals surface area (Å²) in [6, 6.07) is 2.59. The maximum absolute atomic E-state index is 5.59. The van der Waals surface area contributed by atoms with Crippen molar-refractivity contribution in [3.05, 3.63) is 11.9 Å². The smallest absolute Gasteiger partial charge is 0.134 e. The third-order valence-electron chi connectivity index (χ3n) is 3.64. The first kappa shape index (κ1) is 14.1. The van der Waals surface area contributed by atoms with Crippen molar-refractivity contribution in [2.75, 3.05) is 30.4 Å². The molecule has 106 valence electrons. The maximum atomic E-state index is 5.59. The molecule has 0 bridgehead atoms. The van der Waals surface area contributed by atoms with Gasteiger partial charge < -0.3 is 16.0 Å². The zero-order valence-electron chi connectivity index (χ0n) is 12.0. The number of rotatable bonds is 5. The van der Waals surface area contributed by atoms with Crippen molar-refractivity contribution >= 4 is 11.6 Å². The highest BCUT2D eigenvalue weighted by Gasteiger charge is 2.14. The quantitative estimate of drug-likeness (QED) is 0.849. The third kappa shape index (κ3) is 4.06. The van der Waals surface area contributed by atoms with E-state index >= 15 is 0 Å². The maximum Gasteiger partial charge on any atom is 0.134 e. The molecule has 1 heterocycles. The fraction of sp³-hybridized carbons (Fsp3) is 0.714. The fourth-order valence-corrected chi connectivity index (χ4v) is 2.59. The van der Waals surface area contributed by atoms with Gasteiger partial charge in [-0.15, -0.1) is 0 Å². The van der Waals surface area contributed by atoms with Gasteiger partial charge in [-0.05, 0) is 19.8 Å². The van der Waals surface area contributed by atoms with E-state index in [-0.39, 0.29) is 0 Å². The van der Waals surface area contributed by atoms with Crippen LogP contribution in [0.3, 0.4) is 0 Å². The van der Waals surface area contributed by atoms with Crippen LogP contribution in [0, 0.1) is 6.92 Å². The summed E-state index contributed by atoms with van der Waals surface area (Å²) in [5.74, 6) is 2.69. The van der Waals surface area contributed by atoms with E-state index in [4.69, 9.17) is 5.73 Å². The second-order valence-electron chi connectivity index (χ2n) is 5.35. The van der Waals surface area contributed by atoms with Crippen LogP contribution in [0.4, 0.5) is 11.6 Å². The third-order valence-corrected chi connectivity index (χ3v) is 3.64. The Kier molecular flexibility index (Phi) is 4.96. The number of likely N-dealkylation sites (N-methyl/N-ethyl adjacent to an activating group) is 1. The molecule has 0 amide bonds. The first-order chi connectivity index (χ1) is 9.19. The lowest BCUT2D eigenvalue weighted by Crippen LogP contribution is -2.27. The SMILES string of the molecule is Cc1nc(NC2CCCCC2)cc(N(C)CCN)n1. The molecule has 0 atom stereocenters. The van der Waals surface area contributed by atoms with Crippen LogP contribution in [0.1, 0.15) is 37.9 Å². The Morgan fingerprint density at radius 3 is 2.74 bits per heavy atom. The number of hydrogen-bond donors (Lipinski definition) is 2. The predicted octanol–water partition coefficient (Wildman–Crippen LogP) is 1.92. The van der Waals surface area contributed by atoms with Crippen molar-refractivity contribution in [2.24, 2.45) is 5.73 Å². The summed E-state index contributed by atoms with van der Waals surface area (Å²) >= 11 is 0. The molecular weight excluding hydrogens is 238 g/mol. The molecule has 0 aliphatic heterocycles. The molecule has 5 nitrogen and oxygen atoms in total. The summed E-state index contributed by atoms with van der Waals surface area (Å²) in [5, 5.41) is 3.55. The number of nitrogens with zero attached hydrogens (tertiary/aromatic N) is 3.